The van der Waals surface area contributed by atoms with Gasteiger partial charge in [0.25, 0.3) is 0 Å². The molecule has 0 saturated heterocycles. The third-order valence-electron chi connectivity index (χ3n) is 3.03. The van der Waals surface area contributed by atoms with E-state index in [4.69, 9.17) is 0 Å². The first-order valence-electron chi connectivity index (χ1n) is 6.12. The normalized spacial score (nSPS) is 10.9. The van der Waals surface area contributed by atoms with Crippen LogP contribution in [0.1, 0.15) is 36.5 Å². The lowest BCUT2D eigenvalue weighted by Gasteiger charge is -2.10. The van der Waals surface area contributed by atoms with E-state index in [1.807, 2.05) is 38.1 Å². The first-order valence-corrected chi connectivity index (χ1v) is 6.12. The second-order valence-electron chi connectivity index (χ2n) is 4.85. The number of halogens is 1. The van der Waals surface area contributed by atoms with Crippen LogP contribution < -0.4 is 0 Å². The Labute approximate surface area is 107 Å². The van der Waals surface area contributed by atoms with Crippen molar-refractivity contribution in [2.24, 2.45) is 0 Å². The Hall–Kier alpha value is -1.83. The minimum absolute atomic E-state index is 0.139. The average Bonchev–Trinajstić information content (AvgIpc) is 2.34. The monoisotopic (exact) mass is 244 g/mol. The Morgan fingerprint density at radius 1 is 1.00 bits per heavy atom. The predicted molar refractivity (Wildman–Crippen MR) is 71.4 cm³/mol. The van der Waals surface area contributed by atoms with Crippen LogP contribution in [0.5, 0.6) is 5.75 Å². The Kier molecular flexibility index (Phi) is 3.66. The van der Waals surface area contributed by atoms with E-state index in [0.717, 1.165) is 23.1 Å². The zero-order valence-corrected chi connectivity index (χ0v) is 10.7. The summed E-state index contributed by atoms with van der Waals surface area (Å²) < 4.78 is 13.6. The van der Waals surface area contributed by atoms with E-state index < -0.39 is 0 Å². The maximum absolute atomic E-state index is 13.6. The first kappa shape index (κ1) is 12.6. The summed E-state index contributed by atoms with van der Waals surface area (Å²) in [5, 5.41) is 9.23. The van der Waals surface area contributed by atoms with E-state index in [1.165, 1.54) is 6.07 Å². The molecule has 2 aromatic carbocycles. The van der Waals surface area contributed by atoms with E-state index in [-0.39, 0.29) is 17.5 Å². The van der Waals surface area contributed by atoms with Gasteiger partial charge >= 0.3 is 0 Å². The highest BCUT2D eigenvalue weighted by Gasteiger charge is 2.07. The third-order valence-corrected chi connectivity index (χ3v) is 3.03. The number of hydrogen-bond acceptors (Lipinski definition) is 1. The van der Waals surface area contributed by atoms with Gasteiger partial charge in [-0.1, -0.05) is 38.1 Å². The number of rotatable bonds is 3. The molecule has 0 aliphatic carbocycles. The van der Waals surface area contributed by atoms with Gasteiger partial charge in [-0.3, -0.25) is 0 Å². The molecule has 0 fully saturated rings. The van der Waals surface area contributed by atoms with Crippen LogP contribution in [0, 0.1) is 5.82 Å². The van der Waals surface area contributed by atoms with Crippen molar-refractivity contribution in [3.05, 3.63) is 65.0 Å². The van der Waals surface area contributed by atoms with Crippen molar-refractivity contribution < 1.29 is 9.50 Å². The van der Waals surface area contributed by atoms with Crippen molar-refractivity contribution in [1.29, 1.82) is 0 Å². The molecule has 1 nitrogen and oxygen atoms in total. The minimum atomic E-state index is -0.139. The molecule has 0 aromatic heterocycles. The maximum Gasteiger partial charge on any atom is 0.126 e. The average molecular weight is 244 g/mol. The molecule has 2 aromatic rings. The third kappa shape index (κ3) is 2.89. The zero-order chi connectivity index (χ0) is 13.1. The van der Waals surface area contributed by atoms with Gasteiger partial charge < -0.3 is 5.11 Å². The standard InChI is InChI=1S/C16H17FO/c1-11(2)15-10-13(5-8-16(15)17)9-12-3-6-14(18)7-4-12/h3-8,10-11,18H,9H2,1-2H3. The summed E-state index contributed by atoms with van der Waals surface area (Å²) in [6.07, 6.45) is 0.750. The molecule has 0 unspecified atom stereocenters. The molecule has 0 aliphatic rings. The number of benzene rings is 2. The lowest BCUT2D eigenvalue weighted by atomic mass is 9.97. The lowest BCUT2D eigenvalue weighted by molar-refractivity contribution is 0.475. The summed E-state index contributed by atoms with van der Waals surface area (Å²) in [5.74, 6) is 0.310. The van der Waals surface area contributed by atoms with Crippen molar-refractivity contribution in [2.75, 3.05) is 0 Å². The van der Waals surface area contributed by atoms with Crippen LogP contribution in [-0.4, -0.2) is 5.11 Å². The first-order chi connectivity index (χ1) is 8.56. The van der Waals surface area contributed by atoms with E-state index in [2.05, 4.69) is 0 Å². The van der Waals surface area contributed by atoms with Gasteiger partial charge in [-0.15, -0.1) is 0 Å². The van der Waals surface area contributed by atoms with Gasteiger partial charge in [-0.05, 0) is 47.2 Å². The molecule has 1 N–H and O–H groups in total. The highest BCUT2D eigenvalue weighted by Crippen LogP contribution is 2.21. The molecule has 94 valence electrons. The van der Waals surface area contributed by atoms with Gasteiger partial charge in [0.2, 0.25) is 0 Å². The molecule has 0 radical (unpaired) electrons. The van der Waals surface area contributed by atoms with Gasteiger partial charge in [0.15, 0.2) is 0 Å². The fourth-order valence-electron chi connectivity index (χ4n) is 2.00. The predicted octanol–water partition coefficient (Wildman–Crippen LogP) is 4.25. The van der Waals surface area contributed by atoms with Crippen molar-refractivity contribution in [2.45, 2.75) is 26.2 Å². The highest BCUT2D eigenvalue weighted by molar-refractivity contribution is 5.33. The minimum Gasteiger partial charge on any atom is -0.508 e. The number of hydrogen-bond donors (Lipinski definition) is 1. The Bertz CT molecular complexity index is 529. The summed E-state index contributed by atoms with van der Waals surface area (Å²) >= 11 is 0. The summed E-state index contributed by atoms with van der Waals surface area (Å²) in [7, 11) is 0. The van der Waals surface area contributed by atoms with Crippen LogP contribution >= 0.6 is 0 Å². The molecule has 2 heteroatoms. The van der Waals surface area contributed by atoms with Crippen LogP contribution in [0.2, 0.25) is 0 Å². The second-order valence-corrected chi connectivity index (χ2v) is 4.85. The van der Waals surface area contributed by atoms with Crippen molar-refractivity contribution in [3.63, 3.8) is 0 Å². The van der Waals surface area contributed by atoms with Crippen LogP contribution in [0.3, 0.4) is 0 Å². The van der Waals surface area contributed by atoms with E-state index in [0.29, 0.717) is 0 Å². The molecule has 2 rings (SSSR count). The molecular formula is C16H17FO. The summed E-state index contributed by atoms with van der Waals surface area (Å²) in [4.78, 5) is 0. The Morgan fingerprint density at radius 3 is 2.22 bits per heavy atom. The Balaban J connectivity index is 2.24. The summed E-state index contributed by atoms with van der Waals surface area (Å²) in [6, 6.07) is 12.4. The van der Waals surface area contributed by atoms with Crippen LogP contribution in [0.15, 0.2) is 42.5 Å². The molecular weight excluding hydrogens is 227 g/mol. The van der Waals surface area contributed by atoms with E-state index >= 15 is 0 Å². The maximum atomic E-state index is 13.6. The quantitative estimate of drug-likeness (QED) is 0.856. The molecule has 0 bridgehead atoms. The Morgan fingerprint density at radius 2 is 1.61 bits per heavy atom. The number of phenols is 1. The molecule has 0 spiro atoms. The SMILES string of the molecule is CC(C)c1cc(Cc2ccc(O)cc2)ccc1F. The van der Waals surface area contributed by atoms with Crippen molar-refractivity contribution >= 4 is 0 Å². The van der Waals surface area contributed by atoms with Gasteiger partial charge in [-0.2, -0.15) is 0 Å². The molecule has 0 heterocycles. The fraction of sp³-hybridized carbons (Fsp3) is 0.250. The van der Waals surface area contributed by atoms with Crippen LogP contribution in [0.25, 0.3) is 0 Å². The molecule has 0 amide bonds. The second kappa shape index (κ2) is 5.21. The molecule has 0 aliphatic heterocycles. The smallest absolute Gasteiger partial charge is 0.126 e. The van der Waals surface area contributed by atoms with E-state index in [1.54, 1.807) is 12.1 Å². The lowest BCUT2D eigenvalue weighted by Crippen LogP contribution is -1.96. The van der Waals surface area contributed by atoms with E-state index in [9.17, 15) is 9.50 Å². The molecule has 0 atom stereocenters. The zero-order valence-electron chi connectivity index (χ0n) is 10.7. The van der Waals surface area contributed by atoms with Gasteiger partial charge in [0.1, 0.15) is 11.6 Å². The molecule has 18 heavy (non-hydrogen) atoms. The largest absolute Gasteiger partial charge is 0.508 e. The highest BCUT2D eigenvalue weighted by atomic mass is 19.1. The summed E-state index contributed by atoms with van der Waals surface area (Å²) in [5.41, 5.74) is 2.95. The van der Waals surface area contributed by atoms with Gasteiger partial charge in [-0.25, -0.2) is 4.39 Å². The number of aromatic hydroxyl groups is 1. The van der Waals surface area contributed by atoms with Crippen LogP contribution in [-0.2, 0) is 6.42 Å². The van der Waals surface area contributed by atoms with Crippen LogP contribution in [0.4, 0.5) is 4.39 Å². The summed E-state index contributed by atoms with van der Waals surface area (Å²) in [6.45, 7) is 3.98. The fourth-order valence-corrected chi connectivity index (χ4v) is 2.00. The number of phenolic OH excluding ortho intramolecular Hbond substituents is 1. The topological polar surface area (TPSA) is 20.2 Å². The van der Waals surface area contributed by atoms with Crippen molar-refractivity contribution in [3.8, 4) is 5.75 Å². The van der Waals surface area contributed by atoms with Gasteiger partial charge in [0, 0.05) is 0 Å². The van der Waals surface area contributed by atoms with Crippen molar-refractivity contribution in [1.82, 2.24) is 0 Å². The molecule has 0 saturated carbocycles. The van der Waals surface area contributed by atoms with Gasteiger partial charge in [0.05, 0.1) is 0 Å².